The Morgan fingerprint density at radius 1 is 1.47 bits per heavy atom. The predicted molar refractivity (Wildman–Crippen MR) is 76.2 cm³/mol. The van der Waals surface area contributed by atoms with Gasteiger partial charge >= 0.3 is 0 Å². The van der Waals surface area contributed by atoms with Crippen LogP contribution in [0.4, 0.5) is 0 Å². The largest absolute Gasteiger partial charge is 0.359 e. The fraction of sp³-hybridized carbons (Fsp3) is 0.714. The first-order chi connectivity index (χ1) is 9.19. The molecule has 5 nitrogen and oxygen atoms in total. The monoisotopic (exact) mass is 264 g/mol. The van der Waals surface area contributed by atoms with Crippen molar-refractivity contribution < 1.29 is 4.52 Å². The van der Waals surface area contributed by atoms with E-state index < -0.39 is 0 Å². The number of guanidine groups is 1. The number of hydrogen-bond acceptors (Lipinski definition) is 3. The summed E-state index contributed by atoms with van der Waals surface area (Å²) in [4.78, 5) is 4.24. The molecule has 0 radical (unpaired) electrons. The van der Waals surface area contributed by atoms with E-state index in [0.717, 1.165) is 17.4 Å². The maximum atomic E-state index is 5.30. The van der Waals surface area contributed by atoms with Gasteiger partial charge in [-0.25, -0.2) is 0 Å². The Balaban J connectivity index is 1.81. The average Bonchev–Trinajstić information content (AvgIpc) is 3.05. The summed E-state index contributed by atoms with van der Waals surface area (Å²) in [5.74, 6) is 2.08. The molecule has 1 fully saturated rings. The van der Waals surface area contributed by atoms with Gasteiger partial charge in [0.25, 0.3) is 0 Å². The highest BCUT2D eigenvalue weighted by atomic mass is 16.5. The van der Waals surface area contributed by atoms with E-state index in [-0.39, 0.29) is 0 Å². The Kier molecular flexibility index (Phi) is 4.82. The van der Waals surface area contributed by atoms with Gasteiger partial charge in [0.1, 0.15) is 0 Å². The zero-order chi connectivity index (χ0) is 13.7. The third-order valence-electron chi connectivity index (χ3n) is 3.52. The van der Waals surface area contributed by atoms with Crippen molar-refractivity contribution in [2.45, 2.75) is 58.0 Å². The van der Waals surface area contributed by atoms with E-state index in [4.69, 9.17) is 4.52 Å². The summed E-state index contributed by atoms with van der Waals surface area (Å²) in [6, 6.07) is 2.56. The number of nitrogens with one attached hydrogen (secondary N) is 2. The van der Waals surface area contributed by atoms with E-state index in [1.54, 1.807) is 7.05 Å². The Hall–Kier alpha value is -1.52. The summed E-state index contributed by atoms with van der Waals surface area (Å²) in [5, 5.41) is 10.8. The molecule has 2 rings (SSSR count). The Morgan fingerprint density at radius 3 is 2.79 bits per heavy atom. The molecule has 0 unspecified atom stereocenters. The van der Waals surface area contributed by atoms with Crippen LogP contribution in [0.25, 0.3) is 0 Å². The SMILES string of the molecule is CN=C(NCc1cc(C(C)C)no1)NC1CCCC1. The zero-order valence-corrected chi connectivity index (χ0v) is 12.1. The summed E-state index contributed by atoms with van der Waals surface area (Å²) < 4.78 is 5.30. The van der Waals surface area contributed by atoms with Gasteiger partial charge in [-0.15, -0.1) is 0 Å². The summed E-state index contributed by atoms with van der Waals surface area (Å²) in [6.07, 6.45) is 5.10. The lowest BCUT2D eigenvalue weighted by molar-refractivity contribution is 0.371. The van der Waals surface area contributed by atoms with E-state index in [2.05, 4.69) is 34.6 Å². The standard InChI is InChI=1S/C14H24N4O/c1-10(2)13-8-12(19-18-13)9-16-14(15-3)17-11-6-4-5-7-11/h8,10-11H,4-7,9H2,1-3H3,(H2,15,16,17). The Bertz CT molecular complexity index is 419. The van der Waals surface area contributed by atoms with Crippen LogP contribution in [-0.4, -0.2) is 24.2 Å². The number of aromatic nitrogens is 1. The summed E-state index contributed by atoms with van der Waals surface area (Å²) >= 11 is 0. The van der Waals surface area contributed by atoms with Crippen LogP contribution in [-0.2, 0) is 6.54 Å². The first-order valence-corrected chi connectivity index (χ1v) is 7.11. The molecule has 0 bridgehead atoms. The maximum Gasteiger partial charge on any atom is 0.191 e. The molecular weight excluding hydrogens is 240 g/mol. The fourth-order valence-corrected chi connectivity index (χ4v) is 2.31. The van der Waals surface area contributed by atoms with E-state index in [9.17, 15) is 0 Å². The molecule has 0 saturated heterocycles. The van der Waals surface area contributed by atoms with E-state index >= 15 is 0 Å². The second-order valence-electron chi connectivity index (χ2n) is 5.42. The lowest BCUT2D eigenvalue weighted by atomic mass is 10.1. The molecule has 0 aliphatic heterocycles. The van der Waals surface area contributed by atoms with Crippen LogP contribution in [0, 0.1) is 0 Å². The predicted octanol–water partition coefficient (Wildman–Crippen LogP) is 2.41. The van der Waals surface area contributed by atoms with E-state index in [1.165, 1.54) is 25.7 Å². The third-order valence-corrected chi connectivity index (χ3v) is 3.52. The number of nitrogens with zero attached hydrogens (tertiary/aromatic N) is 2. The second kappa shape index (κ2) is 6.59. The van der Waals surface area contributed by atoms with Gasteiger partial charge in [-0.05, 0) is 18.8 Å². The molecule has 19 heavy (non-hydrogen) atoms. The Labute approximate surface area is 114 Å². The zero-order valence-electron chi connectivity index (χ0n) is 12.1. The van der Waals surface area contributed by atoms with Crippen molar-refractivity contribution >= 4 is 5.96 Å². The van der Waals surface area contributed by atoms with E-state index in [1.807, 2.05) is 6.07 Å². The molecule has 1 aromatic rings. The molecule has 2 N–H and O–H groups in total. The van der Waals surface area contributed by atoms with Gasteiger partial charge in [-0.2, -0.15) is 0 Å². The molecule has 0 atom stereocenters. The van der Waals surface area contributed by atoms with Gasteiger partial charge in [0.05, 0.1) is 12.2 Å². The molecule has 1 aliphatic carbocycles. The van der Waals surface area contributed by atoms with Gasteiger partial charge in [0.15, 0.2) is 11.7 Å². The molecule has 1 heterocycles. The first kappa shape index (κ1) is 13.9. The minimum atomic E-state index is 0.397. The number of hydrogen-bond donors (Lipinski definition) is 2. The molecule has 1 aromatic heterocycles. The summed E-state index contributed by atoms with van der Waals surface area (Å²) in [6.45, 7) is 4.83. The third kappa shape index (κ3) is 3.98. The highest BCUT2D eigenvalue weighted by Crippen LogP contribution is 2.17. The van der Waals surface area contributed by atoms with Crippen LogP contribution < -0.4 is 10.6 Å². The molecule has 0 amide bonds. The molecule has 0 aromatic carbocycles. The molecular formula is C14H24N4O. The van der Waals surface area contributed by atoms with Gasteiger partial charge in [0, 0.05) is 19.2 Å². The lowest BCUT2D eigenvalue weighted by Gasteiger charge is -2.15. The van der Waals surface area contributed by atoms with Crippen LogP contribution in [0.1, 0.15) is 56.9 Å². The average molecular weight is 264 g/mol. The first-order valence-electron chi connectivity index (χ1n) is 7.11. The van der Waals surface area contributed by atoms with Crippen molar-refractivity contribution in [2.75, 3.05) is 7.05 Å². The van der Waals surface area contributed by atoms with Crippen molar-refractivity contribution in [3.63, 3.8) is 0 Å². The fourth-order valence-electron chi connectivity index (χ4n) is 2.31. The van der Waals surface area contributed by atoms with Crippen LogP contribution in [0.2, 0.25) is 0 Å². The molecule has 106 valence electrons. The van der Waals surface area contributed by atoms with Gasteiger partial charge < -0.3 is 15.2 Å². The number of aliphatic imine (C=N–C) groups is 1. The van der Waals surface area contributed by atoms with Crippen LogP contribution in [0.3, 0.4) is 0 Å². The van der Waals surface area contributed by atoms with Crippen LogP contribution >= 0.6 is 0 Å². The van der Waals surface area contributed by atoms with Gasteiger partial charge in [0.2, 0.25) is 0 Å². The molecule has 1 aliphatic rings. The van der Waals surface area contributed by atoms with Crippen LogP contribution in [0.15, 0.2) is 15.6 Å². The summed E-state index contributed by atoms with van der Waals surface area (Å²) in [7, 11) is 1.80. The van der Waals surface area contributed by atoms with Crippen molar-refractivity contribution in [3.05, 3.63) is 17.5 Å². The van der Waals surface area contributed by atoms with Gasteiger partial charge in [-0.1, -0.05) is 31.8 Å². The van der Waals surface area contributed by atoms with Crippen molar-refractivity contribution in [2.24, 2.45) is 4.99 Å². The smallest absolute Gasteiger partial charge is 0.191 e. The highest BCUT2D eigenvalue weighted by molar-refractivity contribution is 5.79. The number of rotatable bonds is 4. The van der Waals surface area contributed by atoms with Crippen LogP contribution in [0.5, 0.6) is 0 Å². The molecule has 0 spiro atoms. The second-order valence-corrected chi connectivity index (χ2v) is 5.42. The molecule has 5 heteroatoms. The minimum Gasteiger partial charge on any atom is -0.359 e. The maximum absolute atomic E-state index is 5.30. The highest BCUT2D eigenvalue weighted by Gasteiger charge is 2.16. The minimum absolute atomic E-state index is 0.397. The topological polar surface area (TPSA) is 62.5 Å². The lowest BCUT2D eigenvalue weighted by Crippen LogP contribution is -2.41. The molecule has 1 saturated carbocycles. The normalized spacial score (nSPS) is 17.2. The Morgan fingerprint density at radius 2 is 2.21 bits per heavy atom. The van der Waals surface area contributed by atoms with Crippen molar-refractivity contribution in [1.82, 2.24) is 15.8 Å². The van der Waals surface area contributed by atoms with E-state index in [0.29, 0.717) is 18.5 Å². The van der Waals surface area contributed by atoms with Gasteiger partial charge in [-0.3, -0.25) is 4.99 Å². The van der Waals surface area contributed by atoms with Crippen molar-refractivity contribution in [1.29, 1.82) is 0 Å². The quantitative estimate of drug-likeness (QED) is 0.647. The summed E-state index contributed by atoms with van der Waals surface area (Å²) in [5.41, 5.74) is 0.996. The van der Waals surface area contributed by atoms with Crippen molar-refractivity contribution in [3.8, 4) is 0 Å².